The van der Waals surface area contributed by atoms with Crippen LogP contribution < -0.4 is 10.6 Å². The molecule has 0 unspecified atom stereocenters. The Labute approximate surface area is 98.8 Å². The fourth-order valence-electron chi connectivity index (χ4n) is 0.861. The third-order valence-corrected chi connectivity index (χ3v) is 1.61. The predicted octanol–water partition coefficient (Wildman–Crippen LogP) is -0.120. The smallest absolute Gasteiger partial charge is 0.407 e. The molecule has 7 heteroatoms. The normalized spacial score (nSPS) is 9.18. The minimum absolute atomic E-state index is 0.0722. The number of rotatable bonds is 8. The number of amides is 2. The number of alkyl carbamates (subject to hydrolysis) is 1. The van der Waals surface area contributed by atoms with Crippen molar-refractivity contribution in [1.82, 2.24) is 10.6 Å². The topological polar surface area (TPSA) is 105 Å². The minimum Gasteiger partial charge on any atom is -0.481 e. The van der Waals surface area contributed by atoms with E-state index in [9.17, 15) is 14.4 Å². The Bertz CT molecular complexity index is 290. The van der Waals surface area contributed by atoms with E-state index in [0.29, 0.717) is 0 Å². The summed E-state index contributed by atoms with van der Waals surface area (Å²) in [6.07, 6.45) is 0.755. The molecule has 0 aliphatic carbocycles. The van der Waals surface area contributed by atoms with Crippen LogP contribution in [-0.4, -0.2) is 42.8 Å². The first-order chi connectivity index (χ1) is 8.06. The van der Waals surface area contributed by atoms with Crippen molar-refractivity contribution in [1.29, 1.82) is 0 Å². The van der Waals surface area contributed by atoms with Crippen molar-refractivity contribution in [2.24, 2.45) is 0 Å². The van der Waals surface area contributed by atoms with Crippen LogP contribution in [0, 0.1) is 0 Å². The molecule has 0 atom stereocenters. The molecule has 0 aromatic rings. The highest BCUT2D eigenvalue weighted by molar-refractivity contribution is 5.77. The quantitative estimate of drug-likeness (QED) is 0.516. The lowest BCUT2D eigenvalue weighted by molar-refractivity contribution is -0.136. The molecule has 0 aromatic heterocycles. The maximum Gasteiger partial charge on any atom is 0.407 e. The maximum atomic E-state index is 11.1. The first kappa shape index (κ1) is 14.9. The molecular weight excluding hydrogens is 228 g/mol. The van der Waals surface area contributed by atoms with Crippen LogP contribution in [0.3, 0.4) is 0 Å². The summed E-state index contributed by atoms with van der Waals surface area (Å²) in [5.41, 5.74) is 0. The number of carboxylic acid groups (broad SMARTS) is 1. The number of hydrogen-bond donors (Lipinski definition) is 3. The highest BCUT2D eigenvalue weighted by Crippen LogP contribution is 1.83. The lowest BCUT2D eigenvalue weighted by atomic mass is 10.3. The van der Waals surface area contributed by atoms with Crippen molar-refractivity contribution in [3.8, 4) is 0 Å². The Balaban J connectivity index is 3.47. The Morgan fingerprint density at radius 2 is 1.82 bits per heavy atom. The number of ether oxygens (including phenoxy) is 1. The maximum absolute atomic E-state index is 11.1. The molecule has 0 saturated heterocycles. The fourth-order valence-corrected chi connectivity index (χ4v) is 0.861. The van der Waals surface area contributed by atoms with E-state index in [1.807, 2.05) is 0 Å². The van der Waals surface area contributed by atoms with Crippen LogP contribution in [-0.2, 0) is 14.3 Å². The molecule has 96 valence electrons. The molecule has 0 saturated carbocycles. The summed E-state index contributed by atoms with van der Waals surface area (Å²) < 4.78 is 4.61. The number of nitrogens with one attached hydrogen (secondary N) is 2. The summed E-state index contributed by atoms with van der Waals surface area (Å²) in [4.78, 5) is 32.2. The number of carboxylic acids is 1. The van der Waals surface area contributed by atoms with Gasteiger partial charge in [0.15, 0.2) is 0 Å². The fraction of sp³-hybridized carbons (Fsp3) is 0.500. The van der Waals surface area contributed by atoms with Gasteiger partial charge < -0.3 is 20.5 Å². The molecule has 0 aliphatic heterocycles. The Hall–Kier alpha value is -2.05. The van der Waals surface area contributed by atoms with E-state index in [-0.39, 0.29) is 38.4 Å². The third-order valence-electron chi connectivity index (χ3n) is 1.61. The van der Waals surface area contributed by atoms with E-state index in [4.69, 9.17) is 5.11 Å². The lowest BCUT2D eigenvalue weighted by Crippen LogP contribution is -2.32. The van der Waals surface area contributed by atoms with Gasteiger partial charge in [-0.1, -0.05) is 12.7 Å². The zero-order valence-corrected chi connectivity index (χ0v) is 9.40. The summed E-state index contributed by atoms with van der Waals surface area (Å²) >= 11 is 0. The minimum atomic E-state index is -0.976. The van der Waals surface area contributed by atoms with Crippen LogP contribution in [0.5, 0.6) is 0 Å². The van der Waals surface area contributed by atoms with Crippen molar-refractivity contribution in [2.45, 2.75) is 12.8 Å². The summed E-state index contributed by atoms with van der Waals surface area (Å²) in [5, 5.41) is 13.1. The van der Waals surface area contributed by atoms with Gasteiger partial charge in [0.25, 0.3) is 0 Å². The van der Waals surface area contributed by atoms with Gasteiger partial charge in [-0.2, -0.15) is 0 Å². The second-order valence-electron chi connectivity index (χ2n) is 3.06. The summed E-state index contributed by atoms with van der Waals surface area (Å²) in [6.45, 7) is 3.69. The molecule has 0 radical (unpaired) electrons. The van der Waals surface area contributed by atoms with Crippen molar-refractivity contribution in [2.75, 3.05) is 19.7 Å². The van der Waals surface area contributed by atoms with E-state index in [0.717, 1.165) is 0 Å². The van der Waals surface area contributed by atoms with Gasteiger partial charge >= 0.3 is 12.1 Å². The van der Waals surface area contributed by atoms with Gasteiger partial charge in [0.05, 0.1) is 6.42 Å². The molecule has 0 spiro atoms. The number of hydrogen-bond acceptors (Lipinski definition) is 4. The van der Waals surface area contributed by atoms with Crippen molar-refractivity contribution in [3.05, 3.63) is 12.7 Å². The number of aliphatic carboxylic acids is 1. The molecule has 0 heterocycles. The molecule has 3 N–H and O–H groups in total. The largest absolute Gasteiger partial charge is 0.481 e. The van der Waals surface area contributed by atoms with Crippen LogP contribution in [0.25, 0.3) is 0 Å². The zero-order chi connectivity index (χ0) is 13.1. The van der Waals surface area contributed by atoms with Gasteiger partial charge in [0.1, 0.15) is 6.61 Å². The average molecular weight is 244 g/mol. The average Bonchev–Trinajstić information content (AvgIpc) is 2.25. The highest BCUT2D eigenvalue weighted by Gasteiger charge is 2.04. The Kier molecular flexibility index (Phi) is 8.09. The van der Waals surface area contributed by atoms with Gasteiger partial charge in [-0.15, -0.1) is 0 Å². The molecule has 7 nitrogen and oxygen atoms in total. The predicted molar refractivity (Wildman–Crippen MR) is 59.4 cm³/mol. The van der Waals surface area contributed by atoms with E-state index >= 15 is 0 Å². The van der Waals surface area contributed by atoms with Crippen LogP contribution >= 0.6 is 0 Å². The van der Waals surface area contributed by atoms with Gasteiger partial charge in [-0.05, 0) is 0 Å². The molecule has 0 fully saturated rings. The van der Waals surface area contributed by atoms with Crippen LogP contribution in [0.2, 0.25) is 0 Å². The number of carbonyl (C=O) groups excluding carboxylic acids is 2. The SMILES string of the molecule is C=CCOC(=O)NCCC(=O)NCCC(=O)O. The monoisotopic (exact) mass is 244 g/mol. The Morgan fingerprint density at radius 1 is 1.18 bits per heavy atom. The van der Waals surface area contributed by atoms with Crippen molar-refractivity contribution in [3.63, 3.8) is 0 Å². The van der Waals surface area contributed by atoms with Crippen LogP contribution in [0.1, 0.15) is 12.8 Å². The second-order valence-corrected chi connectivity index (χ2v) is 3.06. The van der Waals surface area contributed by atoms with Gasteiger partial charge in [0, 0.05) is 19.5 Å². The summed E-state index contributed by atoms with van der Waals surface area (Å²) in [5.74, 6) is -1.30. The highest BCUT2D eigenvalue weighted by atomic mass is 16.5. The first-order valence-corrected chi connectivity index (χ1v) is 5.06. The zero-order valence-electron chi connectivity index (χ0n) is 9.40. The number of carbonyl (C=O) groups is 3. The van der Waals surface area contributed by atoms with Crippen LogP contribution in [0.15, 0.2) is 12.7 Å². The van der Waals surface area contributed by atoms with Gasteiger partial charge in [0.2, 0.25) is 5.91 Å². The first-order valence-electron chi connectivity index (χ1n) is 5.06. The van der Waals surface area contributed by atoms with E-state index in [1.54, 1.807) is 0 Å². The molecular formula is C10H16N2O5. The van der Waals surface area contributed by atoms with E-state index in [1.165, 1.54) is 6.08 Å². The Morgan fingerprint density at radius 3 is 2.41 bits per heavy atom. The standard InChI is InChI=1S/C10H16N2O5/c1-2-7-17-10(16)12-5-3-8(13)11-6-4-9(14)15/h2H,1,3-7H2,(H,11,13)(H,12,16)(H,14,15). The van der Waals surface area contributed by atoms with Crippen molar-refractivity contribution >= 4 is 18.0 Å². The molecule has 0 bridgehead atoms. The summed E-state index contributed by atoms with van der Waals surface area (Å²) in [7, 11) is 0. The van der Waals surface area contributed by atoms with E-state index in [2.05, 4.69) is 21.9 Å². The second kappa shape index (κ2) is 9.20. The molecule has 0 rings (SSSR count). The summed E-state index contributed by atoms with van der Waals surface area (Å²) in [6, 6.07) is 0. The van der Waals surface area contributed by atoms with Crippen molar-refractivity contribution < 1.29 is 24.2 Å². The van der Waals surface area contributed by atoms with Crippen LogP contribution in [0.4, 0.5) is 4.79 Å². The molecule has 0 aliphatic rings. The molecule has 2 amide bonds. The van der Waals surface area contributed by atoms with E-state index < -0.39 is 12.1 Å². The molecule has 17 heavy (non-hydrogen) atoms. The van der Waals surface area contributed by atoms with Gasteiger partial charge in [-0.25, -0.2) is 4.79 Å². The molecule has 0 aromatic carbocycles. The lowest BCUT2D eigenvalue weighted by Gasteiger charge is -2.05. The third kappa shape index (κ3) is 10.2. The van der Waals surface area contributed by atoms with Gasteiger partial charge in [-0.3, -0.25) is 9.59 Å².